The van der Waals surface area contributed by atoms with E-state index in [9.17, 15) is 39.6 Å². The maximum atomic E-state index is 11.9. The molecule has 0 bridgehead atoms. The molecule has 0 amide bonds. The lowest BCUT2D eigenvalue weighted by Crippen LogP contribution is -2.07. The van der Waals surface area contributed by atoms with Crippen LogP contribution in [0.4, 0.5) is 0 Å². The molecule has 0 heterocycles. The first-order valence-electron chi connectivity index (χ1n) is 13.2. The van der Waals surface area contributed by atoms with Gasteiger partial charge in [0.05, 0.1) is 22.3 Å². The third-order valence-corrected chi connectivity index (χ3v) is 6.82. The number of rotatable bonds is 6. The standard InChI is InChI=1S/C24H12O8.2C4H10/c25-21(26)13-5-1-9-10-2-6-15(23(29)30)20-16(24(31)32)8-4-12(18(10)20)11-3-7-14(22(27)28)19(13)17(9)11;2*1-3-4-2/h1-8H,(H,25,26)(H,27,28)(H,29,30)(H,31,32);2*3-4H2,1-2H3. The fraction of sp³-hybridized carbons (Fsp3) is 0.250. The van der Waals surface area contributed by atoms with E-state index in [2.05, 4.69) is 27.7 Å². The summed E-state index contributed by atoms with van der Waals surface area (Å²) in [5.74, 6) is -5.13. The Balaban J connectivity index is 0.000000490. The van der Waals surface area contributed by atoms with Crippen LogP contribution >= 0.6 is 0 Å². The zero-order valence-corrected chi connectivity index (χ0v) is 22.9. The molecular formula is C32H32O8. The third kappa shape index (κ3) is 5.25. The molecule has 8 nitrogen and oxygen atoms in total. The summed E-state index contributed by atoms with van der Waals surface area (Å²) in [6, 6.07) is 11.4. The monoisotopic (exact) mass is 544 g/mol. The van der Waals surface area contributed by atoms with Crippen molar-refractivity contribution in [1.82, 2.24) is 0 Å². The van der Waals surface area contributed by atoms with Crippen LogP contribution in [0, 0.1) is 0 Å². The van der Waals surface area contributed by atoms with Crippen LogP contribution in [-0.4, -0.2) is 44.3 Å². The lowest BCUT2D eigenvalue weighted by Gasteiger charge is -2.18. The molecule has 0 aliphatic carbocycles. The second-order valence-corrected chi connectivity index (χ2v) is 9.36. The van der Waals surface area contributed by atoms with Crippen molar-refractivity contribution >= 4 is 67.0 Å². The molecular weight excluding hydrogens is 512 g/mol. The Morgan fingerprint density at radius 1 is 0.400 bits per heavy atom. The molecule has 0 aliphatic rings. The van der Waals surface area contributed by atoms with Crippen LogP contribution in [0.5, 0.6) is 0 Å². The minimum Gasteiger partial charge on any atom is -0.478 e. The minimum atomic E-state index is -1.28. The second-order valence-electron chi connectivity index (χ2n) is 9.36. The summed E-state index contributed by atoms with van der Waals surface area (Å²) in [7, 11) is 0. The van der Waals surface area contributed by atoms with Gasteiger partial charge in [-0.2, -0.15) is 0 Å². The SMILES string of the molecule is CCCC.CCCC.O=C(O)c1ccc2c3ccc(C(=O)O)c4c(C(=O)O)ccc(c5ccc(C(=O)O)c1c25)c43. The van der Waals surface area contributed by atoms with Crippen molar-refractivity contribution in [3.8, 4) is 0 Å². The zero-order valence-electron chi connectivity index (χ0n) is 22.9. The molecule has 0 aliphatic heterocycles. The molecule has 0 fully saturated rings. The Morgan fingerprint density at radius 2 is 0.600 bits per heavy atom. The van der Waals surface area contributed by atoms with Crippen molar-refractivity contribution in [3.05, 3.63) is 70.8 Å². The van der Waals surface area contributed by atoms with Gasteiger partial charge in [0.15, 0.2) is 0 Å². The molecule has 0 radical (unpaired) electrons. The van der Waals surface area contributed by atoms with Crippen LogP contribution in [0.3, 0.4) is 0 Å². The van der Waals surface area contributed by atoms with Crippen molar-refractivity contribution in [3.63, 3.8) is 0 Å². The minimum absolute atomic E-state index is 0.0587. The molecule has 40 heavy (non-hydrogen) atoms. The van der Waals surface area contributed by atoms with Gasteiger partial charge in [-0.25, -0.2) is 19.2 Å². The normalized spacial score (nSPS) is 10.7. The summed E-state index contributed by atoms with van der Waals surface area (Å²) >= 11 is 0. The van der Waals surface area contributed by atoms with Crippen LogP contribution in [0.25, 0.3) is 43.1 Å². The number of unbranched alkanes of at least 4 members (excludes halogenated alkanes) is 2. The van der Waals surface area contributed by atoms with Crippen LogP contribution in [0.15, 0.2) is 48.5 Å². The van der Waals surface area contributed by atoms with E-state index in [1.54, 1.807) is 0 Å². The van der Waals surface area contributed by atoms with E-state index in [4.69, 9.17) is 0 Å². The van der Waals surface area contributed by atoms with Crippen LogP contribution in [0.2, 0.25) is 0 Å². The molecule has 0 unspecified atom stereocenters. The first-order chi connectivity index (χ1) is 19.0. The number of hydrogen-bond donors (Lipinski definition) is 4. The van der Waals surface area contributed by atoms with Crippen LogP contribution in [0.1, 0.15) is 94.8 Å². The van der Waals surface area contributed by atoms with Crippen molar-refractivity contribution in [1.29, 1.82) is 0 Å². The lowest BCUT2D eigenvalue weighted by molar-refractivity contribution is 0.0681. The van der Waals surface area contributed by atoms with Gasteiger partial charge in [0.1, 0.15) is 0 Å². The number of carboxylic acid groups (broad SMARTS) is 4. The molecule has 0 aromatic heterocycles. The van der Waals surface area contributed by atoms with Crippen molar-refractivity contribution < 1.29 is 39.6 Å². The maximum Gasteiger partial charge on any atom is 0.336 e. The Labute approximate surface area is 230 Å². The first-order valence-corrected chi connectivity index (χ1v) is 13.2. The van der Waals surface area contributed by atoms with E-state index in [0.29, 0.717) is 32.3 Å². The quantitative estimate of drug-likeness (QED) is 0.124. The molecule has 5 aromatic rings. The largest absolute Gasteiger partial charge is 0.478 e. The van der Waals surface area contributed by atoms with E-state index < -0.39 is 23.9 Å². The van der Waals surface area contributed by atoms with E-state index in [-0.39, 0.29) is 33.0 Å². The highest BCUT2D eigenvalue weighted by Crippen LogP contribution is 2.44. The smallest absolute Gasteiger partial charge is 0.336 e. The fourth-order valence-electron chi connectivity index (χ4n) is 4.60. The number of carbonyl (C=O) groups is 4. The van der Waals surface area contributed by atoms with E-state index in [0.717, 1.165) is 0 Å². The molecule has 8 heteroatoms. The van der Waals surface area contributed by atoms with Gasteiger partial charge < -0.3 is 20.4 Å². The Hall–Kier alpha value is -4.72. The lowest BCUT2D eigenvalue weighted by atomic mass is 9.84. The molecule has 4 N–H and O–H groups in total. The zero-order chi connectivity index (χ0) is 29.7. The van der Waals surface area contributed by atoms with Gasteiger partial charge in [-0.1, -0.05) is 77.6 Å². The van der Waals surface area contributed by atoms with Gasteiger partial charge in [-0.05, 0) is 56.6 Å². The molecule has 5 rings (SSSR count). The molecule has 208 valence electrons. The van der Waals surface area contributed by atoms with Gasteiger partial charge >= 0.3 is 23.9 Å². The molecule has 0 atom stereocenters. The Bertz CT molecular complexity index is 1500. The van der Waals surface area contributed by atoms with Gasteiger partial charge in [-0.3, -0.25) is 0 Å². The summed E-state index contributed by atoms with van der Waals surface area (Å²) in [5, 5.41) is 41.7. The average Bonchev–Trinajstić information content (AvgIpc) is 2.94. The van der Waals surface area contributed by atoms with Gasteiger partial charge in [0.25, 0.3) is 0 Å². The summed E-state index contributed by atoms with van der Waals surface area (Å²) in [5.41, 5.74) is -0.696. The topological polar surface area (TPSA) is 149 Å². The second kappa shape index (κ2) is 12.4. The highest BCUT2D eigenvalue weighted by atomic mass is 16.4. The van der Waals surface area contributed by atoms with E-state index >= 15 is 0 Å². The van der Waals surface area contributed by atoms with Gasteiger partial charge in [0.2, 0.25) is 0 Å². The molecule has 0 saturated heterocycles. The van der Waals surface area contributed by atoms with Gasteiger partial charge in [-0.15, -0.1) is 0 Å². The van der Waals surface area contributed by atoms with Crippen molar-refractivity contribution in [2.24, 2.45) is 0 Å². The number of fused-ring (bicyclic) bond motifs is 2. The number of carboxylic acids is 4. The first kappa shape index (κ1) is 29.8. The Morgan fingerprint density at radius 3 is 0.750 bits per heavy atom. The van der Waals surface area contributed by atoms with E-state index in [1.165, 1.54) is 74.2 Å². The summed E-state index contributed by atoms with van der Waals surface area (Å²) in [4.78, 5) is 47.5. The molecule has 0 saturated carbocycles. The van der Waals surface area contributed by atoms with Crippen molar-refractivity contribution in [2.45, 2.75) is 53.4 Å². The molecule has 5 aromatic carbocycles. The maximum absolute atomic E-state index is 11.9. The summed E-state index contributed by atoms with van der Waals surface area (Å²) in [6.45, 7) is 8.72. The van der Waals surface area contributed by atoms with Crippen LogP contribution in [-0.2, 0) is 0 Å². The van der Waals surface area contributed by atoms with Crippen molar-refractivity contribution in [2.75, 3.05) is 0 Å². The van der Waals surface area contributed by atoms with Gasteiger partial charge in [0, 0.05) is 10.8 Å². The predicted octanol–water partition coefficient (Wildman–Crippen LogP) is 8.14. The average molecular weight is 545 g/mol. The summed E-state index contributed by atoms with van der Waals surface area (Å²) < 4.78 is 0. The van der Waals surface area contributed by atoms with Crippen LogP contribution < -0.4 is 0 Å². The third-order valence-electron chi connectivity index (χ3n) is 6.82. The number of benzene rings is 5. The summed E-state index contributed by atoms with van der Waals surface area (Å²) in [6.07, 6.45) is 5.28. The van der Waals surface area contributed by atoms with E-state index in [1.807, 2.05) is 0 Å². The Kier molecular flexibility index (Phi) is 9.27. The number of aromatic carboxylic acids is 4. The highest BCUT2D eigenvalue weighted by molar-refractivity contribution is 6.38. The fourth-order valence-corrected chi connectivity index (χ4v) is 4.60. The highest BCUT2D eigenvalue weighted by Gasteiger charge is 2.25. The predicted molar refractivity (Wildman–Crippen MR) is 157 cm³/mol. The number of hydrogen-bond acceptors (Lipinski definition) is 4. The molecule has 0 spiro atoms.